The minimum atomic E-state index is -2.46. The number of carbonyl (C=O) groups is 1. The van der Waals surface area contributed by atoms with E-state index in [-0.39, 0.29) is 0 Å². The van der Waals surface area contributed by atoms with Crippen LogP contribution in [0.2, 0.25) is 75.5 Å². The van der Waals surface area contributed by atoms with E-state index >= 15 is 0 Å². The number of amides is 1. The number of halogens is 1. The molecule has 1 rings (SSSR count). The van der Waals surface area contributed by atoms with Crippen LogP contribution in [-0.4, -0.2) is 60.5 Å². The standard InChI is InChI=1S/C23H46FNO4Si4/c1-27-33(28-2,29-3)15-11-14-30(4,5)16-17-31(6,7)18-19-32(8,9)22-13-10-12-21(20-22)25-23(24)26/h10,12-13,20H,11,14-19H2,1-9H3,(H,25,26). The lowest BCUT2D eigenvalue weighted by Gasteiger charge is -2.32. The van der Waals surface area contributed by atoms with Crippen LogP contribution < -0.4 is 10.5 Å². The number of hydrogen-bond donors (Lipinski definition) is 1. The maximum absolute atomic E-state index is 12.7. The second-order valence-electron chi connectivity index (χ2n) is 11.3. The van der Waals surface area contributed by atoms with Crippen LogP contribution in [0.15, 0.2) is 24.3 Å². The van der Waals surface area contributed by atoms with Gasteiger partial charge in [-0.15, -0.1) is 4.39 Å². The lowest BCUT2D eigenvalue weighted by Crippen LogP contribution is -2.44. The Morgan fingerprint density at radius 2 is 1.33 bits per heavy atom. The molecule has 5 nitrogen and oxygen atoms in total. The lowest BCUT2D eigenvalue weighted by molar-refractivity contribution is 0.123. The third kappa shape index (κ3) is 10.7. The van der Waals surface area contributed by atoms with Gasteiger partial charge in [0, 0.05) is 49.2 Å². The summed E-state index contributed by atoms with van der Waals surface area (Å²) in [5, 5.41) is 3.55. The van der Waals surface area contributed by atoms with Gasteiger partial charge in [-0.25, -0.2) is 4.79 Å². The third-order valence-electron chi connectivity index (χ3n) is 7.06. The van der Waals surface area contributed by atoms with Crippen LogP contribution in [0.4, 0.5) is 14.9 Å². The Balaban J connectivity index is 2.61. The fraction of sp³-hybridized carbons (Fsp3) is 0.696. The smallest absolute Gasteiger partial charge is 0.377 e. The maximum Gasteiger partial charge on any atom is 0.500 e. The van der Waals surface area contributed by atoms with Crippen LogP contribution in [0.5, 0.6) is 0 Å². The Hall–Kier alpha value is -0.632. The van der Waals surface area contributed by atoms with Gasteiger partial charge >= 0.3 is 15.0 Å². The molecule has 190 valence electrons. The van der Waals surface area contributed by atoms with Gasteiger partial charge in [-0.05, 0) is 12.1 Å². The molecule has 1 N–H and O–H groups in total. The zero-order chi connectivity index (χ0) is 25.3. The highest BCUT2D eigenvalue weighted by molar-refractivity contribution is 6.91. The van der Waals surface area contributed by atoms with E-state index in [1.807, 2.05) is 12.1 Å². The van der Waals surface area contributed by atoms with E-state index in [2.05, 4.69) is 50.7 Å². The monoisotopic (exact) mass is 531 g/mol. The van der Waals surface area contributed by atoms with Crippen LogP contribution in [-0.2, 0) is 13.3 Å². The van der Waals surface area contributed by atoms with Crippen molar-refractivity contribution in [1.29, 1.82) is 0 Å². The summed E-state index contributed by atoms with van der Waals surface area (Å²) >= 11 is 0. The minimum Gasteiger partial charge on any atom is -0.377 e. The highest BCUT2D eigenvalue weighted by atomic mass is 28.4. The minimum absolute atomic E-state index is 0.548. The van der Waals surface area contributed by atoms with Gasteiger partial charge < -0.3 is 13.3 Å². The number of carbonyl (C=O) groups excluding carboxylic acids is 1. The first-order valence-electron chi connectivity index (χ1n) is 11.9. The Morgan fingerprint density at radius 1 is 0.818 bits per heavy atom. The SMILES string of the molecule is CO[Si](CCC[Si](C)(C)CC[Si](C)(C)CC[Si](C)(C)c1cccc(NC(=O)F)c1)(OC)OC. The number of anilines is 1. The molecular weight excluding hydrogens is 486 g/mol. The summed E-state index contributed by atoms with van der Waals surface area (Å²) in [4.78, 5) is 10.8. The molecule has 0 spiro atoms. The Morgan fingerprint density at radius 3 is 1.85 bits per heavy atom. The van der Waals surface area contributed by atoms with E-state index in [1.165, 1.54) is 35.4 Å². The fourth-order valence-electron chi connectivity index (χ4n) is 4.19. The van der Waals surface area contributed by atoms with Crippen molar-refractivity contribution in [3.05, 3.63) is 24.3 Å². The first-order chi connectivity index (χ1) is 15.2. The quantitative estimate of drug-likeness (QED) is 0.154. The summed E-state index contributed by atoms with van der Waals surface area (Å²) in [7, 11) is -1.67. The van der Waals surface area contributed by atoms with Crippen LogP contribution in [0.3, 0.4) is 0 Å². The number of hydrogen-bond acceptors (Lipinski definition) is 4. The molecule has 10 heteroatoms. The highest BCUT2D eigenvalue weighted by Crippen LogP contribution is 2.31. The highest BCUT2D eigenvalue weighted by Gasteiger charge is 2.38. The number of rotatable bonds is 15. The molecule has 0 saturated heterocycles. The molecule has 1 aromatic carbocycles. The topological polar surface area (TPSA) is 56.8 Å². The molecule has 1 aromatic rings. The zero-order valence-electron chi connectivity index (χ0n) is 22.3. The van der Waals surface area contributed by atoms with E-state index in [0.717, 1.165) is 12.5 Å². The van der Waals surface area contributed by atoms with Gasteiger partial charge in [0.25, 0.3) is 0 Å². The number of nitrogens with one attached hydrogen (secondary N) is 1. The molecule has 0 radical (unpaired) electrons. The fourth-order valence-corrected chi connectivity index (χ4v) is 19.9. The summed E-state index contributed by atoms with van der Waals surface area (Å²) in [5.41, 5.74) is 0.548. The first-order valence-corrected chi connectivity index (χ1v) is 23.9. The summed E-state index contributed by atoms with van der Waals surface area (Å²) in [6.07, 6.45) is -0.402. The summed E-state index contributed by atoms with van der Waals surface area (Å²) in [5.74, 6) is 0. The Kier molecular flexibility index (Phi) is 11.9. The molecule has 1 amide bonds. The van der Waals surface area contributed by atoms with E-state index in [9.17, 15) is 9.18 Å². The van der Waals surface area contributed by atoms with Crippen molar-refractivity contribution in [3.8, 4) is 0 Å². The van der Waals surface area contributed by atoms with Crippen molar-refractivity contribution >= 4 is 50.1 Å². The molecule has 0 saturated carbocycles. The Labute approximate surface area is 205 Å². The summed E-state index contributed by atoms with van der Waals surface area (Å²) in [6, 6.07) is 15.2. The molecule has 0 heterocycles. The predicted molar refractivity (Wildman–Crippen MR) is 149 cm³/mol. The average molecular weight is 532 g/mol. The molecule has 0 fully saturated rings. The second kappa shape index (κ2) is 12.9. The molecule has 0 aliphatic heterocycles. The van der Waals surface area contributed by atoms with Gasteiger partial charge in [-0.1, -0.05) is 93.2 Å². The van der Waals surface area contributed by atoms with Crippen molar-refractivity contribution in [1.82, 2.24) is 0 Å². The van der Waals surface area contributed by atoms with Crippen molar-refractivity contribution < 1.29 is 22.5 Å². The van der Waals surface area contributed by atoms with Crippen LogP contribution in [0.25, 0.3) is 0 Å². The van der Waals surface area contributed by atoms with E-state index < -0.39 is 39.2 Å². The molecule has 0 aliphatic carbocycles. The Bertz CT molecular complexity index is 749. The van der Waals surface area contributed by atoms with Crippen molar-refractivity contribution in [2.75, 3.05) is 26.6 Å². The van der Waals surface area contributed by atoms with Crippen LogP contribution in [0, 0.1) is 0 Å². The van der Waals surface area contributed by atoms with Crippen LogP contribution >= 0.6 is 0 Å². The van der Waals surface area contributed by atoms with Crippen molar-refractivity contribution in [2.24, 2.45) is 0 Å². The maximum atomic E-state index is 12.7. The molecule has 0 bridgehead atoms. The first kappa shape index (κ1) is 30.4. The summed E-state index contributed by atoms with van der Waals surface area (Å²) < 4.78 is 29.5. The number of benzene rings is 1. The predicted octanol–water partition coefficient (Wildman–Crippen LogP) is 6.79. The van der Waals surface area contributed by atoms with Crippen molar-refractivity contribution in [3.63, 3.8) is 0 Å². The molecule has 0 aliphatic rings. The van der Waals surface area contributed by atoms with Gasteiger partial charge in [-0.2, -0.15) is 0 Å². The normalized spacial score (nSPS) is 13.3. The average Bonchev–Trinajstić information content (AvgIpc) is 2.74. The largest absolute Gasteiger partial charge is 0.500 e. The molecule has 0 atom stereocenters. The molecule has 0 aromatic heterocycles. The van der Waals surface area contributed by atoms with Gasteiger partial charge in [0.05, 0.1) is 8.07 Å². The second-order valence-corrected chi connectivity index (χ2v) is 29.9. The van der Waals surface area contributed by atoms with Gasteiger partial charge in [0.2, 0.25) is 0 Å². The van der Waals surface area contributed by atoms with Gasteiger partial charge in [0.15, 0.2) is 0 Å². The van der Waals surface area contributed by atoms with Gasteiger partial charge in [0.1, 0.15) is 0 Å². The third-order valence-corrected chi connectivity index (χ3v) is 20.8. The van der Waals surface area contributed by atoms with E-state index in [4.69, 9.17) is 13.3 Å². The van der Waals surface area contributed by atoms with E-state index in [1.54, 1.807) is 27.4 Å². The van der Waals surface area contributed by atoms with Crippen LogP contribution in [0.1, 0.15) is 6.42 Å². The van der Waals surface area contributed by atoms with E-state index in [0.29, 0.717) is 5.69 Å². The molecular formula is C23H46FNO4Si4. The zero-order valence-corrected chi connectivity index (χ0v) is 26.3. The molecule has 33 heavy (non-hydrogen) atoms. The van der Waals surface area contributed by atoms with Gasteiger partial charge in [-0.3, -0.25) is 5.32 Å². The van der Waals surface area contributed by atoms with Crippen molar-refractivity contribution in [2.45, 2.75) is 82.0 Å². The summed E-state index contributed by atoms with van der Waals surface area (Å²) in [6.45, 7) is 14.8. The lowest BCUT2D eigenvalue weighted by atomic mass is 10.3. The molecule has 0 unspecified atom stereocenters.